The molecule has 0 N–H and O–H groups in total. The standard InChI is InChI=1S/C25H16O6/c26-16(9-11-18-14-22(28)20-5-1-3-7-24(20)30-18)13-17(27)10-12-19-15-23(29)21-6-2-4-8-25(21)31-19/h1-12,14-15H,13H2/b11-9+,12-10+. The average Bonchev–Trinajstić information content (AvgIpc) is 2.76. The Morgan fingerprint density at radius 3 is 1.55 bits per heavy atom. The third-order valence-electron chi connectivity index (χ3n) is 4.52. The molecule has 2 aromatic carbocycles. The van der Waals surface area contributed by atoms with Crippen LogP contribution in [0.25, 0.3) is 34.1 Å². The summed E-state index contributed by atoms with van der Waals surface area (Å²) in [6.07, 6.45) is 4.72. The van der Waals surface area contributed by atoms with Gasteiger partial charge in [-0.1, -0.05) is 24.3 Å². The van der Waals surface area contributed by atoms with Crippen molar-refractivity contribution >= 4 is 45.7 Å². The molecular weight excluding hydrogens is 396 g/mol. The van der Waals surface area contributed by atoms with Crippen LogP contribution in [0.5, 0.6) is 0 Å². The van der Waals surface area contributed by atoms with E-state index in [0.29, 0.717) is 21.9 Å². The number of fused-ring (bicyclic) bond motifs is 2. The van der Waals surface area contributed by atoms with Gasteiger partial charge in [-0.15, -0.1) is 0 Å². The molecule has 0 radical (unpaired) electrons. The van der Waals surface area contributed by atoms with Gasteiger partial charge in [0.1, 0.15) is 22.7 Å². The van der Waals surface area contributed by atoms with Crippen LogP contribution in [0.4, 0.5) is 0 Å². The van der Waals surface area contributed by atoms with Crippen LogP contribution in [0.2, 0.25) is 0 Å². The van der Waals surface area contributed by atoms with Crippen LogP contribution in [-0.4, -0.2) is 11.6 Å². The average molecular weight is 412 g/mol. The largest absolute Gasteiger partial charge is 0.456 e. The zero-order valence-corrected chi connectivity index (χ0v) is 16.2. The highest BCUT2D eigenvalue weighted by molar-refractivity contribution is 6.10. The Hall–Kier alpha value is -4.32. The summed E-state index contributed by atoms with van der Waals surface area (Å²) in [4.78, 5) is 48.3. The van der Waals surface area contributed by atoms with E-state index in [0.717, 1.165) is 0 Å². The molecule has 0 saturated carbocycles. The summed E-state index contributed by atoms with van der Waals surface area (Å²) < 4.78 is 11.1. The zero-order valence-electron chi connectivity index (χ0n) is 16.2. The van der Waals surface area contributed by atoms with Crippen molar-refractivity contribution in [1.29, 1.82) is 0 Å². The van der Waals surface area contributed by atoms with Gasteiger partial charge in [0.25, 0.3) is 0 Å². The molecule has 0 aliphatic rings. The van der Waals surface area contributed by atoms with Crippen LogP contribution >= 0.6 is 0 Å². The molecule has 0 atom stereocenters. The van der Waals surface area contributed by atoms with Crippen LogP contribution in [0.3, 0.4) is 0 Å². The Morgan fingerprint density at radius 1 is 0.677 bits per heavy atom. The van der Waals surface area contributed by atoms with Gasteiger partial charge >= 0.3 is 0 Å². The van der Waals surface area contributed by atoms with E-state index in [1.54, 1.807) is 48.5 Å². The van der Waals surface area contributed by atoms with Gasteiger partial charge in [-0.05, 0) is 48.6 Å². The predicted molar refractivity (Wildman–Crippen MR) is 118 cm³/mol. The Balaban J connectivity index is 1.44. The van der Waals surface area contributed by atoms with Crippen LogP contribution in [0, 0.1) is 0 Å². The first-order valence-corrected chi connectivity index (χ1v) is 9.47. The first kappa shape index (κ1) is 20.0. The molecule has 2 aromatic heterocycles. The van der Waals surface area contributed by atoms with E-state index in [-0.39, 0.29) is 28.8 Å². The van der Waals surface area contributed by atoms with Gasteiger partial charge in [0, 0.05) is 12.1 Å². The number of benzene rings is 2. The van der Waals surface area contributed by atoms with Gasteiger partial charge in [-0.25, -0.2) is 0 Å². The van der Waals surface area contributed by atoms with Crippen molar-refractivity contribution in [1.82, 2.24) is 0 Å². The highest BCUT2D eigenvalue weighted by atomic mass is 16.3. The summed E-state index contributed by atoms with van der Waals surface area (Å²) in [5.41, 5.74) is 0.394. The number of para-hydroxylation sites is 2. The maximum Gasteiger partial charge on any atom is 0.193 e. The van der Waals surface area contributed by atoms with Crippen LogP contribution < -0.4 is 10.9 Å². The smallest absolute Gasteiger partial charge is 0.193 e. The normalized spacial score (nSPS) is 11.6. The molecule has 0 unspecified atom stereocenters. The first-order chi connectivity index (χ1) is 15.0. The van der Waals surface area contributed by atoms with E-state index in [2.05, 4.69) is 0 Å². The molecule has 152 valence electrons. The number of hydrogen-bond donors (Lipinski definition) is 0. The van der Waals surface area contributed by atoms with Crippen molar-refractivity contribution in [2.45, 2.75) is 6.42 Å². The van der Waals surface area contributed by atoms with Gasteiger partial charge in [0.15, 0.2) is 22.4 Å². The summed E-state index contributed by atoms with van der Waals surface area (Å²) in [5.74, 6) is -0.466. The third kappa shape index (κ3) is 4.64. The van der Waals surface area contributed by atoms with Crippen LogP contribution in [-0.2, 0) is 9.59 Å². The highest BCUT2D eigenvalue weighted by Crippen LogP contribution is 2.14. The van der Waals surface area contributed by atoms with E-state index in [4.69, 9.17) is 8.83 Å². The minimum absolute atomic E-state index is 0.218. The number of rotatable bonds is 6. The molecular formula is C25H16O6. The molecule has 6 heteroatoms. The summed E-state index contributed by atoms with van der Waals surface area (Å²) in [7, 11) is 0. The fraction of sp³-hybridized carbons (Fsp3) is 0.0400. The second-order valence-corrected chi connectivity index (χ2v) is 6.79. The van der Waals surface area contributed by atoms with Gasteiger partial charge in [0.05, 0.1) is 17.2 Å². The summed E-state index contributed by atoms with van der Waals surface area (Å²) >= 11 is 0. The van der Waals surface area contributed by atoms with Crippen LogP contribution in [0.15, 0.2) is 91.2 Å². The van der Waals surface area contributed by atoms with E-state index in [9.17, 15) is 19.2 Å². The lowest BCUT2D eigenvalue weighted by molar-refractivity contribution is -0.121. The molecule has 4 aromatic rings. The molecule has 4 rings (SSSR count). The van der Waals surface area contributed by atoms with E-state index < -0.39 is 11.6 Å². The number of hydrogen-bond acceptors (Lipinski definition) is 6. The Kier molecular flexibility index (Phi) is 5.53. The molecule has 0 bridgehead atoms. The quantitative estimate of drug-likeness (QED) is 0.349. The van der Waals surface area contributed by atoms with Gasteiger partial charge < -0.3 is 8.83 Å². The second-order valence-electron chi connectivity index (χ2n) is 6.79. The summed E-state index contributed by atoms with van der Waals surface area (Å²) in [6.45, 7) is 0. The number of carbonyl (C=O) groups is 2. The fourth-order valence-corrected chi connectivity index (χ4v) is 3.05. The lowest BCUT2D eigenvalue weighted by Gasteiger charge is -1.98. The van der Waals surface area contributed by atoms with Crippen LogP contribution in [0.1, 0.15) is 17.9 Å². The van der Waals surface area contributed by atoms with Crippen molar-refractivity contribution in [3.05, 3.63) is 105 Å². The zero-order chi connectivity index (χ0) is 21.8. The van der Waals surface area contributed by atoms with Crippen molar-refractivity contribution in [2.75, 3.05) is 0 Å². The van der Waals surface area contributed by atoms with Gasteiger partial charge in [-0.3, -0.25) is 19.2 Å². The summed E-state index contributed by atoms with van der Waals surface area (Å²) in [6, 6.07) is 16.2. The molecule has 31 heavy (non-hydrogen) atoms. The van der Waals surface area contributed by atoms with Crippen molar-refractivity contribution < 1.29 is 18.4 Å². The third-order valence-corrected chi connectivity index (χ3v) is 4.52. The van der Waals surface area contributed by atoms with Crippen molar-refractivity contribution in [2.24, 2.45) is 0 Å². The van der Waals surface area contributed by atoms with Gasteiger partial charge in [0.2, 0.25) is 0 Å². The first-order valence-electron chi connectivity index (χ1n) is 9.47. The monoisotopic (exact) mass is 412 g/mol. The number of allylic oxidation sites excluding steroid dienone is 2. The van der Waals surface area contributed by atoms with Crippen molar-refractivity contribution in [3.63, 3.8) is 0 Å². The van der Waals surface area contributed by atoms with Crippen molar-refractivity contribution in [3.8, 4) is 0 Å². The van der Waals surface area contributed by atoms with E-state index in [1.165, 1.54) is 36.4 Å². The second kappa shape index (κ2) is 8.59. The highest BCUT2D eigenvalue weighted by Gasteiger charge is 2.07. The molecule has 2 heterocycles. The molecule has 0 fully saturated rings. The SMILES string of the molecule is O=C(/C=C/c1cc(=O)c2ccccc2o1)CC(=O)/C=C/c1cc(=O)c2ccccc2o1. The minimum Gasteiger partial charge on any atom is -0.456 e. The Morgan fingerprint density at radius 2 is 1.10 bits per heavy atom. The molecule has 0 amide bonds. The van der Waals surface area contributed by atoms with E-state index >= 15 is 0 Å². The topological polar surface area (TPSA) is 94.6 Å². The molecule has 0 aliphatic heterocycles. The number of carbonyl (C=O) groups excluding carboxylic acids is 2. The fourth-order valence-electron chi connectivity index (χ4n) is 3.05. The Bertz CT molecular complexity index is 1370. The van der Waals surface area contributed by atoms with E-state index in [1.807, 2.05) is 0 Å². The predicted octanol–water partition coefficient (Wildman–Crippen LogP) is 4.15. The molecule has 0 saturated heterocycles. The molecule has 6 nitrogen and oxygen atoms in total. The maximum atomic E-state index is 12.1. The van der Waals surface area contributed by atoms with Gasteiger partial charge in [-0.2, -0.15) is 0 Å². The molecule has 0 aliphatic carbocycles. The molecule has 0 spiro atoms. The maximum absolute atomic E-state index is 12.1. The lowest BCUT2D eigenvalue weighted by atomic mass is 10.1. The number of ketones is 2. The Labute approximate surface area is 175 Å². The minimum atomic E-state index is -0.453. The lowest BCUT2D eigenvalue weighted by Crippen LogP contribution is -2.03. The summed E-state index contributed by atoms with van der Waals surface area (Å²) in [5, 5.41) is 0.901.